The van der Waals surface area contributed by atoms with Crippen LogP contribution in [0.3, 0.4) is 0 Å². The summed E-state index contributed by atoms with van der Waals surface area (Å²) in [6.45, 7) is 4.70. The smallest absolute Gasteiger partial charge is 0.263 e. The van der Waals surface area contributed by atoms with Crippen molar-refractivity contribution in [2.24, 2.45) is 0 Å². The monoisotopic (exact) mass is 521 g/mol. The van der Waals surface area contributed by atoms with Crippen molar-refractivity contribution in [1.82, 2.24) is 20.0 Å². The number of carbonyl (C=O) groups excluding carboxylic acids is 1. The minimum Gasteiger partial charge on any atom is -0.454 e. The zero-order valence-electron chi connectivity index (χ0n) is 21.6. The first-order valence-corrected chi connectivity index (χ1v) is 13.3. The molecule has 196 valence electrons. The van der Waals surface area contributed by atoms with Gasteiger partial charge in [-0.15, -0.1) is 0 Å². The largest absolute Gasteiger partial charge is 0.454 e. The third-order valence-corrected chi connectivity index (χ3v) is 7.35. The molecule has 0 atom stereocenters. The average Bonchev–Trinajstić information content (AvgIpc) is 3.63. The Bertz CT molecular complexity index is 1710. The first-order chi connectivity index (χ1) is 19.2. The number of aromatic nitrogens is 3. The van der Waals surface area contributed by atoms with E-state index in [4.69, 9.17) is 19.0 Å². The third-order valence-electron chi connectivity index (χ3n) is 7.35. The second-order valence-corrected chi connectivity index (χ2v) is 9.83. The second kappa shape index (κ2) is 9.58. The predicted octanol–water partition coefficient (Wildman–Crippen LogP) is 5.08. The van der Waals surface area contributed by atoms with Crippen molar-refractivity contribution in [3.63, 3.8) is 0 Å². The Hall–Kier alpha value is -4.66. The first-order valence-electron chi connectivity index (χ1n) is 13.3. The van der Waals surface area contributed by atoms with Gasteiger partial charge in [-0.1, -0.05) is 48.5 Å². The molecule has 9 heteroatoms. The molecule has 0 bridgehead atoms. The zero-order valence-corrected chi connectivity index (χ0v) is 21.6. The number of ether oxygens (including phenoxy) is 2. The van der Waals surface area contributed by atoms with Crippen LogP contribution in [-0.2, 0) is 6.42 Å². The molecule has 1 amide bonds. The van der Waals surface area contributed by atoms with Gasteiger partial charge in [-0.2, -0.15) is 4.98 Å². The Morgan fingerprint density at radius 1 is 0.897 bits per heavy atom. The molecule has 2 aliphatic heterocycles. The van der Waals surface area contributed by atoms with Crippen LogP contribution in [0.5, 0.6) is 11.5 Å². The highest BCUT2D eigenvalue weighted by molar-refractivity contribution is 6.00. The minimum absolute atomic E-state index is 0.0192. The fraction of sp³-hybridized carbons (Fsp3) is 0.267. The van der Waals surface area contributed by atoms with Gasteiger partial charge in [-0.05, 0) is 41.5 Å². The number of fused-ring (bicyclic) bond motifs is 3. The van der Waals surface area contributed by atoms with Gasteiger partial charge in [0, 0.05) is 43.7 Å². The molecule has 9 nitrogen and oxygen atoms in total. The minimum atomic E-state index is -0.0192. The van der Waals surface area contributed by atoms with Crippen molar-refractivity contribution < 1.29 is 18.8 Å². The van der Waals surface area contributed by atoms with Crippen LogP contribution in [0.1, 0.15) is 29.5 Å². The van der Waals surface area contributed by atoms with Gasteiger partial charge in [0.25, 0.3) is 11.6 Å². The number of piperazine rings is 1. The fourth-order valence-corrected chi connectivity index (χ4v) is 5.31. The summed E-state index contributed by atoms with van der Waals surface area (Å²) in [6, 6.07) is 19.9. The maximum Gasteiger partial charge on any atom is 0.263 e. The lowest BCUT2D eigenvalue weighted by Crippen LogP contribution is -2.49. The molecule has 0 saturated carbocycles. The number of carbonyl (C=O) groups is 1. The Balaban J connectivity index is 1.20. The molecule has 2 aromatic heterocycles. The van der Waals surface area contributed by atoms with E-state index in [1.807, 2.05) is 17.0 Å². The molecule has 3 aromatic carbocycles. The number of aryl methyl sites for hydroxylation is 1. The summed E-state index contributed by atoms with van der Waals surface area (Å²) >= 11 is 0. The molecule has 4 heterocycles. The maximum absolute atomic E-state index is 13.3. The van der Waals surface area contributed by atoms with E-state index in [0.29, 0.717) is 49.0 Å². The van der Waals surface area contributed by atoms with E-state index in [1.54, 1.807) is 18.2 Å². The van der Waals surface area contributed by atoms with Gasteiger partial charge in [0.2, 0.25) is 6.79 Å². The Morgan fingerprint density at radius 3 is 2.56 bits per heavy atom. The van der Waals surface area contributed by atoms with Crippen molar-refractivity contribution in [3.05, 3.63) is 72.1 Å². The van der Waals surface area contributed by atoms with Crippen LogP contribution in [-0.4, -0.2) is 58.9 Å². The summed E-state index contributed by atoms with van der Waals surface area (Å²) in [4.78, 5) is 27.0. The molecule has 7 rings (SSSR count). The van der Waals surface area contributed by atoms with Crippen LogP contribution in [0.4, 0.5) is 5.82 Å². The van der Waals surface area contributed by atoms with Crippen LogP contribution >= 0.6 is 0 Å². The lowest BCUT2D eigenvalue weighted by Gasteiger charge is -2.35. The van der Waals surface area contributed by atoms with E-state index in [-0.39, 0.29) is 12.7 Å². The second-order valence-electron chi connectivity index (χ2n) is 9.83. The van der Waals surface area contributed by atoms with E-state index >= 15 is 0 Å². The van der Waals surface area contributed by atoms with Gasteiger partial charge in [-0.25, -0.2) is 4.98 Å². The van der Waals surface area contributed by atoms with Gasteiger partial charge < -0.3 is 23.8 Å². The molecule has 0 unspecified atom stereocenters. The Labute approximate surface area is 224 Å². The molecule has 2 aliphatic rings. The lowest BCUT2D eigenvalue weighted by molar-refractivity contribution is 0.0746. The fourth-order valence-electron chi connectivity index (χ4n) is 5.31. The first kappa shape index (κ1) is 23.5. The Kier molecular flexibility index (Phi) is 5.76. The van der Waals surface area contributed by atoms with E-state index < -0.39 is 0 Å². The molecular weight excluding hydrogens is 494 g/mol. The quantitative estimate of drug-likeness (QED) is 0.316. The number of amides is 1. The summed E-state index contributed by atoms with van der Waals surface area (Å²) in [5, 5.41) is 7.55. The molecule has 0 spiro atoms. The van der Waals surface area contributed by atoms with Crippen LogP contribution in [0.15, 0.2) is 65.2 Å². The van der Waals surface area contributed by atoms with Crippen LogP contribution in [0.2, 0.25) is 0 Å². The van der Waals surface area contributed by atoms with E-state index in [1.165, 1.54) is 5.39 Å². The van der Waals surface area contributed by atoms with Gasteiger partial charge in [0.05, 0.1) is 0 Å². The molecule has 39 heavy (non-hydrogen) atoms. The summed E-state index contributed by atoms with van der Waals surface area (Å²) in [7, 11) is 0. The highest BCUT2D eigenvalue weighted by Gasteiger charge is 2.28. The predicted molar refractivity (Wildman–Crippen MR) is 147 cm³/mol. The van der Waals surface area contributed by atoms with Crippen LogP contribution < -0.4 is 14.4 Å². The average molecular weight is 522 g/mol. The van der Waals surface area contributed by atoms with Crippen molar-refractivity contribution >= 4 is 33.6 Å². The SMILES string of the molecule is CCCc1nc(N2CCN(C(=O)c3ccc4c(c3)OCO4)CC2)c2c(-c3ccc4ccccc4c3)noc2n1. The van der Waals surface area contributed by atoms with Gasteiger partial charge in [0.15, 0.2) is 11.5 Å². The lowest BCUT2D eigenvalue weighted by atomic mass is 10.0. The van der Waals surface area contributed by atoms with Crippen LogP contribution in [0, 0.1) is 0 Å². The topological polar surface area (TPSA) is 93.8 Å². The Morgan fingerprint density at radius 2 is 1.72 bits per heavy atom. The molecule has 0 N–H and O–H groups in total. The molecule has 0 aliphatic carbocycles. The number of hydrogen-bond acceptors (Lipinski definition) is 8. The molecule has 0 radical (unpaired) electrons. The van der Waals surface area contributed by atoms with Crippen molar-refractivity contribution in [2.75, 3.05) is 37.9 Å². The summed E-state index contributed by atoms with van der Waals surface area (Å²) in [5.74, 6) is 2.81. The maximum atomic E-state index is 13.3. The van der Waals surface area contributed by atoms with Gasteiger partial charge in [-0.3, -0.25) is 4.79 Å². The van der Waals surface area contributed by atoms with E-state index in [0.717, 1.165) is 46.5 Å². The standard InChI is InChI=1S/C30H27N5O4/c1-2-5-25-31-28(26-27(33-39-29(26)32-25)21-9-8-19-6-3-4-7-20(19)16-21)34-12-14-35(15-13-34)30(36)22-10-11-23-24(17-22)38-18-37-23/h3-4,6-11,16-17H,2,5,12-15,18H2,1H3. The molecular formula is C30H27N5O4. The molecule has 1 fully saturated rings. The summed E-state index contributed by atoms with van der Waals surface area (Å²) in [5.41, 5.74) is 2.77. The van der Waals surface area contributed by atoms with Crippen molar-refractivity contribution in [1.29, 1.82) is 0 Å². The normalized spacial score (nSPS) is 14.9. The van der Waals surface area contributed by atoms with E-state index in [9.17, 15) is 4.79 Å². The van der Waals surface area contributed by atoms with Crippen molar-refractivity contribution in [2.45, 2.75) is 19.8 Å². The zero-order chi connectivity index (χ0) is 26.3. The summed E-state index contributed by atoms with van der Waals surface area (Å²) < 4.78 is 16.6. The number of rotatable bonds is 5. The van der Waals surface area contributed by atoms with Crippen LogP contribution in [0.25, 0.3) is 33.1 Å². The number of hydrogen-bond donors (Lipinski definition) is 0. The summed E-state index contributed by atoms with van der Waals surface area (Å²) in [6.07, 6.45) is 1.67. The van der Waals surface area contributed by atoms with E-state index in [2.05, 4.69) is 52.3 Å². The van der Waals surface area contributed by atoms with Gasteiger partial charge >= 0.3 is 0 Å². The number of benzene rings is 3. The highest BCUT2D eigenvalue weighted by atomic mass is 16.7. The van der Waals surface area contributed by atoms with Crippen molar-refractivity contribution in [3.8, 4) is 22.8 Å². The number of nitrogens with zero attached hydrogens (tertiary/aromatic N) is 5. The molecule has 1 saturated heterocycles. The van der Waals surface area contributed by atoms with Gasteiger partial charge in [0.1, 0.15) is 22.7 Å². The third kappa shape index (κ3) is 4.20. The molecule has 5 aromatic rings. The highest BCUT2D eigenvalue weighted by Crippen LogP contribution is 2.36. The number of anilines is 1.